The number of aromatic amines is 1. The molecule has 0 bridgehead atoms. The van der Waals surface area contributed by atoms with E-state index in [4.69, 9.17) is 10.5 Å². The summed E-state index contributed by atoms with van der Waals surface area (Å²) in [5.41, 5.74) is 6.85. The van der Waals surface area contributed by atoms with Crippen LogP contribution in [0.5, 0.6) is 5.75 Å². The van der Waals surface area contributed by atoms with Crippen molar-refractivity contribution in [3.8, 4) is 5.75 Å². The molecule has 5 rings (SSSR count). The third-order valence-corrected chi connectivity index (χ3v) is 6.83. The first-order chi connectivity index (χ1) is 13.0. The number of fused-ring (bicyclic) bond motifs is 3. The molecule has 0 unspecified atom stereocenters. The molecule has 27 heavy (non-hydrogen) atoms. The van der Waals surface area contributed by atoms with Crippen LogP contribution in [0.4, 0.5) is 11.8 Å². The number of hydrogen-bond acceptors (Lipinski definition) is 8. The fraction of sp³-hybridized carbons (Fsp3) is 0.312. The summed E-state index contributed by atoms with van der Waals surface area (Å²) in [6.07, 6.45) is 2.11. The van der Waals surface area contributed by atoms with Crippen LogP contribution in [0.15, 0.2) is 35.5 Å². The van der Waals surface area contributed by atoms with Crippen LogP contribution in [0.3, 0.4) is 0 Å². The van der Waals surface area contributed by atoms with Crippen LogP contribution in [0.1, 0.15) is 6.42 Å². The van der Waals surface area contributed by atoms with Gasteiger partial charge in [0.15, 0.2) is 11.5 Å². The zero-order chi connectivity index (χ0) is 18.6. The second-order valence-electron chi connectivity index (χ2n) is 6.59. The second-order valence-corrected chi connectivity index (χ2v) is 8.45. The summed E-state index contributed by atoms with van der Waals surface area (Å²) in [5.74, 6) is 1.02. The maximum Gasteiger partial charge on any atom is 0.247 e. The molecule has 4 N–H and O–H groups in total. The molecule has 0 spiro atoms. The Hall–Kier alpha value is -2.92. The van der Waals surface area contributed by atoms with E-state index in [0.717, 1.165) is 0 Å². The zero-order valence-corrected chi connectivity index (χ0v) is 15.0. The minimum atomic E-state index is -3.63. The Labute approximate surface area is 154 Å². The molecule has 2 atom stereocenters. The minimum absolute atomic E-state index is 0.106. The van der Waals surface area contributed by atoms with Gasteiger partial charge >= 0.3 is 0 Å². The number of ether oxygens (including phenoxy) is 1. The molecular formula is C16H17N7O3S. The summed E-state index contributed by atoms with van der Waals surface area (Å²) >= 11 is 0. The van der Waals surface area contributed by atoms with E-state index in [1.54, 1.807) is 24.3 Å². The molecule has 2 aliphatic rings. The van der Waals surface area contributed by atoms with Crippen LogP contribution in [0, 0.1) is 0 Å². The lowest BCUT2D eigenvalue weighted by atomic mass is 10.2. The van der Waals surface area contributed by atoms with Gasteiger partial charge in [-0.05, 0) is 18.6 Å². The number of anilines is 2. The lowest BCUT2D eigenvalue weighted by Gasteiger charge is -2.19. The van der Waals surface area contributed by atoms with Crippen molar-refractivity contribution in [1.82, 2.24) is 24.2 Å². The highest BCUT2D eigenvalue weighted by Crippen LogP contribution is 2.36. The number of para-hydroxylation sites is 1. The first kappa shape index (κ1) is 16.3. The van der Waals surface area contributed by atoms with Crippen molar-refractivity contribution in [2.75, 3.05) is 24.2 Å². The van der Waals surface area contributed by atoms with Crippen LogP contribution in [-0.2, 0) is 10.0 Å². The average Bonchev–Trinajstić information content (AvgIpc) is 3.25. The van der Waals surface area contributed by atoms with Gasteiger partial charge in [-0.2, -0.15) is 14.3 Å². The Bertz CT molecular complexity index is 1130. The maximum absolute atomic E-state index is 13.1. The van der Waals surface area contributed by atoms with Crippen molar-refractivity contribution in [3.63, 3.8) is 0 Å². The van der Waals surface area contributed by atoms with Crippen molar-refractivity contribution >= 4 is 33.0 Å². The average molecular weight is 387 g/mol. The highest BCUT2D eigenvalue weighted by molar-refractivity contribution is 7.89. The first-order valence-electron chi connectivity index (χ1n) is 8.49. The van der Waals surface area contributed by atoms with E-state index in [-0.39, 0.29) is 22.9 Å². The molecule has 1 fully saturated rings. The van der Waals surface area contributed by atoms with E-state index in [1.165, 1.54) is 10.6 Å². The number of nitrogens with two attached hydrogens (primary N) is 1. The van der Waals surface area contributed by atoms with Crippen LogP contribution in [0.2, 0.25) is 0 Å². The van der Waals surface area contributed by atoms with Crippen LogP contribution < -0.4 is 15.8 Å². The molecule has 4 heterocycles. The zero-order valence-electron chi connectivity index (χ0n) is 14.2. The van der Waals surface area contributed by atoms with E-state index in [1.807, 2.05) is 0 Å². The molecule has 10 nitrogen and oxygen atoms in total. The number of aromatic nitrogens is 4. The van der Waals surface area contributed by atoms with Gasteiger partial charge in [0.1, 0.15) is 22.8 Å². The normalized spacial score (nSPS) is 24.0. The lowest BCUT2D eigenvalue weighted by Crippen LogP contribution is -2.37. The Morgan fingerprint density at radius 3 is 3.04 bits per heavy atom. The van der Waals surface area contributed by atoms with Gasteiger partial charge < -0.3 is 20.8 Å². The monoisotopic (exact) mass is 387 g/mol. The van der Waals surface area contributed by atoms with Crippen LogP contribution in [-0.4, -0.2) is 57.9 Å². The van der Waals surface area contributed by atoms with Crippen molar-refractivity contribution < 1.29 is 13.2 Å². The summed E-state index contributed by atoms with van der Waals surface area (Å²) in [5, 5.41) is 3.29. The van der Waals surface area contributed by atoms with E-state index in [0.29, 0.717) is 42.3 Å². The first-order valence-corrected chi connectivity index (χ1v) is 9.93. The fourth-order valence-corrected chi connectivity index (χ4v) is 5.48. The summed E-state index contributed by atoms with van der Waals surface area (Å²) in [6, 6.07) is 6.33. The minimum Gasteiger partial charge on any atom is -0.490 e. The number of nitrogens with one attached hydrogen (secondary N) is 2. The summed E-state index contributed by atoms with van der Waals surface area (Å²) in [7, 11) is -3.63. The molecule has 0 radical (unpaired) electrons. The number of sulfonamides is 1. The molecule has 3 aromatic rings. The van der Waals surface area contributed by atoms with Gasteiger partial charge in [0.05, 0.1) is 12.4 Å². The number of imidazole rings is 1. The van der Waals surface area contributed by atoms with Crippen molar-refractivity contribution in [2.45, 2.75) is 23.4 Å². The van der Waals surface area contributed by atoms with Crippen molar-refractivity contribution in [2.24, 2.45) is 0 Å². The van der Waals surface area contributed by atoms with Gasteiger partial charge in [-0.3, -0.25) is 0 Å². The van der Waals surface area contributed by atoms with Crippen LogP contribution in [0.25, 0.3) is 11.2 Å². The third kappa shape index (κ3) is 2.58. The van der Waals surface area contributed by atoms with E-state index in [2.05, 4.69) is 25.3 Å². The number of benzene rings is 1. The quantitative estimate of drug-likeness (QED) is 0.580. The fourth-order valence-electron chi connectivity index (χ4n) is 3.68. The maximum atomic E-state index is 13.1. The van der Waals surface area contributed by atoms with Gasteiger partial charge in [-0.15, -0.1) is 0 Å². The number of nitrogens with zero attached hydrogens (tertiary/aromatic N) is 4. The molecule has 0 amide bonds. The Kier molecular flexibility index (Phi) is 3.49. The number of nitrogen functional groups attached to an aromatic ring is 1. The summed E-state index contributed by atoms with van der Waals surface area (Å²) < 4.78 is 33.4. The molecule has 2 aromatic heterocycles. The Morgan fingerprint density at radius 2 is 2.15 bits per heavy atom. The van der Waals surface area contributed by atoms with Gasteiger partial charge in [0.25, 0.3) is 0 Å². The molecular weight excluding hydrogens is 370 g/mol. The number of rotatable bonds is 2. The van der Waals surface area contributed by atoms with E-state index in [9.17, 15) is 8.42 Å². The molecule has 140 valence electrons. The van der Waals surface area contributed by atoms with Crippen molar-refractivity contribution in [1.29, 1.82) is 0 Å². The highest BCUT2D eigenvalue weighted by atomic mass is 32.2. The molecule has 0 aliphatic carbocycles. The SMILES string of the molecule is Nc1nc(N[C@H]2C[C@H]3COc4ccccc4S(=O)(=O)N3C2)c2[nH]cnc2n1. The molecule has 2 aliphatic heterocycles. The smallest absolute Gasteiger partial charge is 0.247 e. The predicted molar refractivity (Wildman–Crippen MR) is 97.7 cm³/mol. The molecule has 1 saturated heterocycles. The van der Waals surface area contributed by atoms with Gasteiger partial charge in [0.2, 0.25) is 16.0 Å². The standard InChI is InChI=1S/C16H17N7O3S/c17-16-21-14-13(18-8-19-14)15(22-16)20-9-5-10-7-26-11-3-1-2-4-12(11)27(24,25)23(10)6-9/h1-4,8-10H,5-7H2,(H4,17,18,19,20,21,22)/t9-,10-/m0/s1. The summed E-state index contributed by atoms with van der Waals surface area (Å²) in [4.78, 5) is 15.6. The van der Waals surface area contributed by atoms with Crippen LogP contribution >= 0.6 is 0 Å². The van der Waals surface area contributed by atoms with E-state index < -0.39 is 10.0 Å². The lowest BCUT2D eigenvalue weighted by molar-refractivity contribution is 0.240. The summed E-state index contributed by atoms with van der Waals surface area (Å²) in [6.45, 7) is 0.615. The largest absolute Gasteiger partial charge is 0.490 e. The molecule has 11 heteroatoms. The molecule has 0 saturated carbocycles. The topological polar surface area (TPSA) is 139 Å². The Balaban J connectivity index is 1.45. The number of hydrogen-bond donors (Lipinski definition) is 3. The number of H-pyrrole nitrogens is 1. The predicted octanol–water partition coefficient (Wildman–Crippen LogP) is 0.571. The van der Waals surface area contributed by atoms with Gasteiger partial charge in [-0.25, -0.2) is 13.4 Å². The van der Waals surface area contributed by atoms with Crippen molar-refractivity contribution in [3.05, 3.63) is 30.6 Å². The third-order valence-electron chi connectivity index (χ3n) is 4.87. The Morgan fingerprint density at radius 1 is 1.30 bits per heavy atom. The molecule has 1 aromatic carbocycles. The van der Waals surface area contributed by atoms with E-state index >= 15 is 0 Å². The second kappa shape index (κ2) is 5.79. The highest BCUT2D eigenvalue weighted by Gasteiger charge is 2.43. The van der Waals surface area contributed by atoms with Gasteiger partial charge in [-0.1, -0.05) is 12.1 Å². The van der Waals surface area contributed by atoms with Gasteiger partial charge in [0, 0.05) is 12.6 Å².